The van der Waals surface area contributed by atoms with Crippen molar-refractivity contribution in [2.75, 3.05) is 0 Å². The van der Waals surface area contributed by atoms with Crippen molar-refractivity contribution in [1.82, 2.24) is 20.2 Å². The SMILES string of the molecule is CC(OC(=O)c1cccc(-n2cnnn2)c1)c1ccc(OC(F)F)cc1. The Bertz CT molecular complexity index is 870. The van der Waals surface area contributed by atoms with Gasteiger partial charge in [-0.2, -0.15) is 8.78 Å². The number of nitrogens with zero attached hydrogens (tertiary/aromatic N) is 4. The number of tetrazole rings is 1. The first-order chi connectivity index (χ1) is 12.5. The third-order valence-electron chi connectivity index (χ3n) is 3.55. The van der Waals surface area contributed by atoms with Crippen molar-refractivity contribution in [3.63, 3.8) is 0 Å². The fourth-order valence-corrected chi connectivity index (χ4v) is 2.27. The van der Waals surface area contributed by atoms with E-state index >= 15 is 0 Å². The van der Waals surface area contributed by atoms with Crippen LogP contribution in [-0.4, -0.2) is 32.8 Å². The van der Waals surface area contributed by atoms with Gasteiger partial charge in [-0.1, -0.05) is 18.2 Å². The smallest absolute Gasteiger partial charge is 0.387 e. The number of carbonyl (C=O) groups excluding carboxylic acids is 1. The molecule has 1 heterocycles. The molecule has 7 nitrogen and oxygen atoms in total. The zero-order valence-electron chi connectivity index (χ0n) is 13.6. The maximum Gasteiger partial charge on any atom is 0.387 e. The predicted molar refractivity (Wildman–Crippen MR) is 86.1 cm³/mol. The Hall–Kier alpha value is -3.36. The molecule has 0 amide bonds. The summed E-state index contributed by atoms with van der Waals surface area (Å²) < 4.78 is 35.5. The third-order valence-corrected chi connectivity index (χ3v) is 3.55. The third kappa shape index (κ3) is 4.18. The average Bonchev–Trinajstić information content (AvgIpc) is 3.16. The standard InChI is InChI=1S/C17H14F2N4O3/c1-11(12-5-7-15(8-6-12)26-17(18)19)25-16(24)13-3-2-4-14(9-13)23-10-20-21-22-23/h2-11,17H,1H3. The molecule has 9 heteroatoms. The molecule has 26 heavy (non-hydrogen) atoms. The van der Waals surface area contributed by atoms with Crippen LogP contribution in [0.2, 0.25) is 0 Å². The van der Waals surface area contributed by atoms with Crippen molar-refractivity contribution in [2.24, 2.45) is 0 Å². The molecular weight excluding hydrogens is 346 g/mol. The van der Waals surface area contributed by atoms with Crippen LogP contribution in [0.5, 0.6) is 5.75 Å². The average molecular weight is 360 g/mol. The fourth-order valence-electron chi connectivity index (χ4n) is 2.27. The van der Waals surface area contributed by atoms with E-state index in [1.54, 1.807) is 43.3 Å². The number of rotatable bonds is 6. The van der Waals surface area contributed by atoms with E-state index in [1.807, 2.05) is 0 Å². The summed E-state index contributed by atoms with van der Waals surface area (Å²) in [5, 5.41) is 10.9. The monoisotopic (exact) mass is 360 g/mol. The minimum atomic E-state index is -2.89. The van der Waals surface area contributed by atoms with E-state index in [1.165, 1.54) is 23.1 Å². The number of esters is 1. The lowest BCUT2D eigenvalue weighted by atomic mass is 10.1. The summed E-state index contributed by atoms with van der Waals surface area (Å²) in [6.07, 6.45) is 0.843. The van der Waals surface area contributed by atoms with Gasteiger partial charge in [-0.15, -0.1) is 5.10 Å². The van der Waals surface area contributed by atoms with Gasteiger partial charge in [0.05, 0.1) is 11.3 Å². The van der Waals surface area contributed by atoms with Crippen LogP contribution in [0.1, 0.15) is 28.9 Å². The topological polar surface area (TPSA) is 79.1 Å². The number of alkyl halides is 2. The second-order valence-electron chi connectivity index (χ2n) is 5.30. The lowest BCUT2D eigenvalue weighted by Crippen LogP contribution is -2.10. The van der Waals surface area contributed by atoms with Gasteiger partial charge in [0, 0.05) is 0 Å². The molecule has 0 bridgehead atoms. The minimum Gasteiger partial charge on any atom is -0.454 e. The second-order valence-corrected chi connectivity index (χ2v) is 5.30. The normalized spacial score (nSPS) is 12.0. The lowest BCUT2D eigenvalue weighted by Gasteiger charge is -2.14. The molecule has 0 aliphatic heterocycles. The van der Waals surface area contributed by atoms with Gasteiger partial charge in [0.15, 0.2) is 0 Å². The Kier molecular flexibility index (Phi) is 5.16. The van der Waals surface area contributed by atoms with Gasteiger partial charge in [-0.25, -0.2) is 9.48 Å². The van der Waals surface area contributed by atoms with E-state index in [-0.39, 0.29) is 5.75 Å². The van der Waals surface area contributed by atoms with Crippen molar-refractivity contribution < 1.29 is 23.0 Å². The largest absolute Gasteiger partial charge is 0.454 e. The number of ether oxygens (including phenoxy) is 2. The van der Waals surface area contributed by atoms with E-state index < -0.39 is 18.7 Å². The molecule has 3 aromatic rings. The van der Waals surface area contributed by atoms with E-state index in [0.717, 1.165) is 0 Å². The maximum absolute atomic E-state index is 12.4. The lowest BCUT2D eigenvalue weighted by molar-refractivity contribution is -0.0498. The summed E-state index contributed by atoms with van der Waals surface area (Å²) in [4.78, 5) is 12.4. The summed E-state index contributed by atoms with van der Waals surface area (Å²) in [5.41, 5.74) is 1.60. The summed E-state index contributed by atoms with van der Waals surface area (Å²) >= 11 is 0. The summed E-state index contributed by atoms with van der Waals surface area (Å²) in [5.74, 6) is -0.489. The number of carbonyl (C=O) groups is 1. The van der Waals surface area contributed by atoms with Gasteiger partial charge < -0.3 is 9.47 Å². The highest BCUT2D eigenvalue weighted by molar-refractivity contribution is 5.90. The van der Waals surface area contributed by atoms with Crippen LogP contribution in [0.15, 0.2) is 54.9 Å². The summed E-state index contributed by atoms with van der Waals surface area (Å²) in [7, 11) is 0. The van der Waals surface area contributed by atoms with Crippen molar-refractivity contribution in [3.8, 4) is 11.4 Å². The van der Waals surface area contributed by atoms with Gasteiger partial charge in [-0.3, -0.25) is 0 Å². The molecule has 0 N–H and O–H groups in total. The molecule has 0 aliphatic rings. The molecule has 134 valence electrons. The van der Waals surface area contributed by atoms with Gasteiger partial charge >= 0.3 is 12.6 Å². The molecule has 1 unspecified atom stereocenters. The zero-order chi connectivity index (χ0) is 18.5. The quantitative estimate of drug-likeness (QED) is 0.628. The van der Waals surface area contributed by atoms with Gasteiger partial charge in [0.2, 0.25) is 0 Å². The van der Waals surface area contributed by atoms with Crippen LogP contribution in [-0.2, 0) is 4.74 Å². The Balaban J connectivity index is 1.68. The fraction of sp³-hybridized carbons (Fsp3) is 0.176. The Morgan fingerprint density at radius 1 is 1.15 bits per heavy atom. The summed E-state index contributed by atoms with van der Waals surface area (Å²) in [6, 6.07) is 12.6. The van der Waals surface area contributed by atoms with E-state index in [2.05, 4.69) is 20.3 Å². The van der Waals surface area contributed by atoms with Crippen LogP contribution in [0.3, 0.4) is 0 Å². The predicted octanol–water partition coefficient (Wildman–Crippen LogP) is 3.18. The first kappa shape index (κ1) is 17.5. The van der Waals surface area contributed by atoms with Gasteiger partial charge in [0.25, 0.3) is 0 Å². The van der Waals surface area contributed by atoms with Gasteiger partial charge in [-0.05, 0) is 53.2 Å². The molecule has 2 aromatic carbocycles. The van der Waals surface area contributed by atoms with E-state index in [9.17, 15) is 13.6 Å². The first-order valence-corrected chi connectivity index (χ1v) is 7.62. The number of hydrogen-bond donors (Lipinski definition) is 0. The van der Waals surface area contributed by atoms with E-state index in [0.29, 0.717) is 16.8 Å². The molecular formula is C17H14F2N4O3. The highest BCUT2D eigenvalue weighted by Crippen LogP contribution is 2.23. The number of aromatic nitrogens is 4. The second kappa shape index (κ2) is 7.68. The Morgan fingerprint density at radius 2 is 1.92 bits per heavy atom. The molecule has 0 saturated heterocycles. The summed E-state index contributed by atoms with van der Waals surface area (Å²) in [6.45, 7) is -1.20. The molecule has 0 spiro atoms. The molecule has 0 radical (unpaired) electrons. The first-order valence-electron chi connectivity index (χ1n) is 7.62. The van der Waals surface area contributed by atoms with Crippen LogP contribution in [0.25, 0.3) is 5.69 Å². The maximum atomic E-state index is 12.4. The number of benzene rings is 2. The minimum absolute atomic E-state index is 0.0384. The zero-order valence-corrected chi connectivity index (χ0v) is 13.6. The van der Waals surface area contributed by atoms with Crippen molar-refractivity contribution >= 4 is 5.97 Å². The van der Waals surface area contributed by atoms with Crippen molar-refractivity contribution in [1.29, 1.82) is 0 Å². The molecule has 0 fully saturated rings. The van der Waals surface area contributed by atoms with Gasteiger partial charge in [0.1, 0.15) is 18.2 Å². The molecule has 1 atom stereocenters. The van der Waals surface area contributed by atoms with E-state index in [4.69, 9.17) is 4.74 Å². The molecule has 3 rings (SSSR count). The Labute approximate surface area is 147 Å². The van der Waals surface area contributed by atoms with Crippen LogP contribution < -0.4 is 4.74 Å². The molecule has 0 saturated carbocycles. The van der Waals surface area contributed by atoms with Crippen LogP contribution >= 0.6 is 0 Å². The Morgan fingerprint density at radius 3 is 2.58 bits per heavy atom. The van der Waals surface area contributed by atoms with Crippen molar-refractivity contribution in [2.45, 2.75) is 19.6 Å². The van der Waals surface area contributed by atoms with Crippen LogP contribution in [0.4, 0.5) is 8.78 Å². The molecule has 0 aliphatic carbocycles. The highest BCUT2D eigenvalue weighted by Gasteiger charge is 2.15. The highest BCUT2D eigenvalue weighted by atomic mass is 19.3. The molecule has 1 aromatic heterocycles. The van der Waals surface area contributed by atoms with Crippen LogP contribution in [0, 0.1) is 0 Å². The number of hydrogen-bond acceptors (Lipinski definition) is 6. The number of halogens is 2. The van der Waals surface area contributed by atoms with Crippen molar-refractivity contribution in [3.05, 3.63) is 66.0 Å².